The minimum atomic E-state index is -0.126. The molecule has 1 aromatic carbocycles. The lowest BCUT2D eigenvalue weighted by molar-refractivity contribution is 0.0984. The highest BCUT2D eigenvalue weighted by atomic mass is 79.9. The molecule has 1 aromatic heterocycles. The number of aromatic nitrogens is 1. The van der Waals surface area contributed by atoms with Gasteiger partial charge in [-0.1, -0.05) is 25.1 Å². The molecule has 0 bridgehead atoms. The molecule has 6 heteroatoms. The minimum Gasteiger partial charge on any atom is -0.351 e. The average Bonchev–Trinajstić information content (AvgIpc) is 2.85. The van der Waals surface area contributed by atoms with Gasteiger partial charge in [0.1, 0.15) is 10.4 Å². The molecule has 0 spiro atoms. The van der Waals surface area contributed by atoms with Crippen molar-refractivity contribution in [3.8, 4) is 0 Å². The lowest BCUT2D eigenvalue weighted by Crippen LogP contribution is -2.40. The molecule has 3 rings (SSSR count). The van der Waals surface area contributed by atoms with E-state index in [0.29, 0.717) is 11.5 Å². The molecular weight excluding hydrogens is 398 g/mol. The molecule has 1 aliphatic heterocycles. The molecule has 0 aliphatic carbocycles. The summed E-state index contributed by atoms with van der Waals surface area (Å²) in [5, 5.41) is 0. The lowest BCUT2D eigenvalue weighted by atomic mass is 9.97. The van der Waals surface area contributed by atoms with Crippen molar-refractivity contribution in [1.29, 1.82) is 0 Å². The van der Waals surface area contributed by atoms with Gasteiger partial charge in [-0.25, -0.2) is 4.98 Å². The van der Waals surface area contributed by atoms with Crippen molar-refractivity contribution in [2.75, 3.05) is 11.4 Å². The number of pyridine rings is 1. The zero-order valence-electron chi connectivity index (χ0n) is 14.6. The van der Waals surface area contributed by atoms with Gasteiger partial charge in [0.15, 0.2) is 0 Å². The number of amides is 1. The van der Waals surface area contributed by atoms with Gasteiger partial charge in [-0.05, 0) is 78.3 Å². The van der Waals surface area contributed by atoms with Crippen LogP contribution < -0.4 is 9.62 Å². The molecule has 0 radical (unpaired) electrons. The molecule has 132 valence electrons. The summed E-state index contributed by atoms with van der Waals surface area (Å²) in [5.74, 6) is 1.19. The van der Waals surface area contributed by atoms with Gasteiger partial charge in [-0.15, -0.1) is 0 Å². The van der Waals surface area contributed by atoms with Crippen molar-refractivity contribution < 1.29 is 4.79 Å². The van der Waals surface area contributed by atoms with E-state index in [4.69, 9.17) is 0 Å². The molecule has 1 saturated heterocycles. The van der Waals surface area contributed by atoms with Crippen LogP contribution in [0.25, 0.3) is 0 Å². The topological polar surface area (TPSA) is 45.2 Å². The number of carbonyl (C=O) groups excluding carboxylic acids is 1. The normalized spacial score (nSPS) is 19.0. The molecule has 1 amide bonds. The molecule has 0 saturated carbocycles. The van der Waals surface area contributed by atoms with Crippen molar-refractivity contribution in [1.82, 2.24) is 9.71 Å². The first-order valence-corrected chi connectivity index (χ1v) is 9.94. The molecule has 1 N–H and O–H groups in total. The van der Waals surface area contributed by atoms with Crippen LogP contribution in [0.4, 0.5) is 5.82 Å². The fraction of sp³-hybridized carbons (Fsp3) is 0.368. The predicted molar refractivity (Wildman–Crippen MR) is 107 cm³/mol. The number of rotatable bonds is 4. The zero-order valence-corrected chi connectivity index (χ0v) is 17.0. The number of nitrogens with one attached hydrogen (secondary N) is 1. The fourth-order valence-corrected chi connectivity index (χ4v) is 4.33. The van der Waals surface area contributed by atoms with Crippen LogP contribution in [0.2, 0.25) is 0 Å². The van der Waals surface area contributed by atoms with E-state index in [2.05, 4.69) is 51.3 Å². The Kier molecular flexibility index (Phi) is 5.39. The Balaban J connectivity index is 1.85. The monoisotopic (exact) mass is 419 g/mol. The SMILES string of the molecule is C[C@@H]1CN(c2nc(Br)ccc2C(=O)NSc2ccccc2)C(C)(C)C1. The van der Waals surface area contributed by atoms with Crippen molar-refractivity contribution in [2.45, 2.75) is 37.6 Å². The van der Waals surface area contributed by atoms with E-state index < -0.39 is 0 Å². The minimum absolute atomic E-state index is 0.0190. The first-order chi connectivity index (χ1) is 11.9. The summed E-state index contributed by atoms with van der Waals surface area (Å²) in [6.45, 7) is 7.56. The highest BCUT2D eigenvalue weighted by molar-refractivity contribution is 9.10. The van der Waals surface area contributed by atoms with Gasteiger partial charge < -0.3 is 4.90 Å². The van der Waals surface area contributed by atoms with Gasteiger partial charge in [0.2, 0.25) is 0 Å². The number of hydrogen-bond donors (Lipinski definition) is 1. The van der Waals surface area contributed by atoms with E-state index >= 15 is 0 Å². The van der Waals surface area contributed by atoms with Gasteiger partial charge in [0.25, 0.3) is 5.91 Å². The quantitative estimate of drug-likeness (QED) is 0.564. The first kappa shape index (κ1) is 18.3. The Morgan fingerprint density at radius 3 is 2.64 bits per heavy atom. The number of anilines is 1. The standard InChI is InChI=1S/C19H22BrN3OS/c1-13-11-19(2,3)23(12-13)17-15(9-10-16(20)21-17)18(24)22-25-14-7-5-4-6-8-14/h4-10,13H,11-12H2,1-3H3,(H,22,24)/t13-/m0/s1. The van der Waals surface area contributed by atoms with Crippen LogP contribution in [0.3, 0.4) is 0 Å². The molecule has 1 aliphatic rings. The van der Waals surface area contributed by atoms with Crippen LogP contribution in [0.5, 0.6) is 0 Å². The molecule has 4 nitrogen and oxygen atoms in total. The third kappa shape index (κ3) is 4.18. The molecular formula is C19H22BrN3OS. The van der Waals surface area contributed by atoms with Gasteiger partial charge >= 0.3 is 0 Å². The molecule has 2 heterocycles. The van der Waals surface area contributed by atoms with Crippen LogP contribution >= 0.6 is 27.9 Å². The summed E-state index contributed by atoms with van der Waals surface area (Å²) < 4.78 is 3.67. The second kappa shape index (κ2) is 7.38. The Hall–Kier alpha value is -1.53. The van der Waals surface area contributed by atoms with Crippen LogP contribution in [0.1, 0.15) is 37.6 Å². The first-order valence-electron chi connectivity index (χ1n) is 8.33. The summed E-state index contributed by atoms with van der Waals surface area (Å²) in [4.78, 5) is 20.7. The predicted octanol–water partition coefficient (Wildman–Crippen LogP) is 4.91. The van der Waals surface area contributed by atoms with E-state index in [-0.39, 0.29) is 11.4 Å². The fourth-order valence-electron chi connectivity index (χ4n) is 3.42. The van der Waals surface area contributed by atoms with Crippen molar-refractivity contribution in [2.24, 2.45) is 5.92 Å². The van der Waals surface area contributed by atoms with Gasteiger partial charge in [-0.2, -0.15) is 0 Å². The van der Waals surface area contributed by atoms with E-state index in [1.807, 2.05) is 42.5 Å². The highest BCUT2D eigenvalue weighted by Gasteiger charge is 2.38. The van der Waals surface area contributed by atoms with Crippen molar-refractivity contribution >= 4 is 39.6 Å². The smallest absolute Gasteiger partial charge is 0.265 e. The summed E-state index contributed by atoms with van der Waals surface area (Å²) in [7, 11) is 0. The Bertz CT molecular complexity index is 767. The van der Waals surface area contributed by atoms with Gasteiger partial charge in [-0.3, -0.25) is 9.52 Å². The van der Waals surface area contributed by atoms with Gasteiger partial charge in [0, 0.05) is 17.0 Å². The largest absolute Gasteiger partial charge is 0.351 e. The van der Waals surface area contributed by atoms with E-state index in [1.54, 1.807) is 0 Å². The number of nitrogens with zero attached hydrogens (tertiary/aromatic N) is 2. The van der Waals surface area contributed by atoms with Crippen LogP contribution in [-0.4, -0.2) is 23.0 Å². The van der Waals surface area contributed by atoms with Crippen molar-refractivity contribution in [3.63, 3.8) is 0 Å². The summed E-state index contributed by atoms with van der Waals surface area (Å²) in [5.41, 5.74) is 0.586. The van der Waals surface area contributed by atoms with E-state index in [1.165, 1.54) is 11.9 Å². The molecule has 1 fully saturated rings. The highest BCUT2D eigenvalue weighted by Crippen LogP contribution is 2.37. The average molecular weight is 420 g/mol. The molecule has 1 atom stereocenters. The summed E-state index contributed by atoms with van der Waals surface area (Å²) in [6.07, 6.45) is 1.08. The van der Waals surface area contributed by atoms with E-state index in [9.17, 15) is 4.79 Å². The van der Waals surface area contributed by atoms with Crippen LogP contribution in [0.15, 0.2) is 52.0 Å². The molecule has 2 aromatic rings. The number of benzene rings is 1. The number of hydrogen-bond acceptors (Lipinski definition) is 4. The maximum absolute atomic E-state index is 12.8. The molecule has 25 heavy (non-hydrogen) atoms. The number of halogens is 1. The van der Waals surface area contributed by atoms with Gasteiger partial charge in [0.05, 0.1) is 5.56 Å². The van der Waals surface area contributed by atoms with Crippen LogP contribution in [-0.2, 0) is 0 Å². The van der Waals surface area contributed by atoms with Crippen molar-refractivity contribution in [3.05, 3.63) is 52.6 Å². The lowest BCUT2D eigenvalue weighted by Gasteiger charge is -2.33. The Labute approximate surface area is 161 Å². The third-order valence-electron chi connectivity index (χ3n) is 4.42. The Morgan fingerprint density at radius 1 is 1.28 bits per heavy atom. The molecule has 0 unspecified atom stereocenters. The Morgan fingerprint density at radius 2 is 2.00 bits per heavy atom. The zero-order chi connectivity index (χ0) is 18.0. The third-order valence-corrected chi connectivity index (χ3v) is 5.66. The maximum atomic E-state index is 12.8. The maximum Gasteiger partial charge on any atom is 0.265 e. The second-order valence-corrected chi connectivity index (χ2v) is 8.78. The summed E-state index contributed by atoms with van der Waals surface area (Å²) in [6, 6.07) is 13.5. The second-order valence-electron chi connectivity index (χ2n) is 7.08. The summed E-state index contributed by atoms with van der Waals surface area (Å²) >= 11 is 4.77. The van der Waals surface area contributed by atoms with E-state index in [0.717, 1.165) is 28.3 Å². The van der Waals surface area contributed by atoms with Crippen LogP contribution in [0, 0.1) is 5.92 Å². The number of carbonyl (C=O) groups is 1.